The monoisotopic (exact) mass is 269 g/mol. The molecule has 0 unspecified atom stereocenters. The highest BCUT2D eigenvalue weighted by atomic mass is 16.6. The van der Waals surface area contributed by atoms with Crippen LogP contribution in [0.25, 0.3) is 0 Å². The summed E-state index contributed by atoms with van der Waals surface area (Å²) in [5.74, 6) is -1.22. The standard InChI is InChI=1S/C12H19N3O4/c1-6(2)7-8(9(10(16)17)15-14-7)13-11(18)19-12(3,4)5/h6H,1-5H3,(H,13,18)(H,14,15)(H,16,17). The van der Waals surface area contributed by atoms with Gasteiger partial charge in [0.2, 0.25) is 0 Å². The lowest BCUT2D eigenvalue weighted by Crippen LogP contribution is -2.28. The van der Waals surface area contributed by atoms with Crippen molar-refractivity contribution in [1.29, 1.82) is 0 Å². The van der Waals surface area contributed by atoms with Crippen LogP contribution in [0.3, 0.4) is 0 Å². The van der Waals surface area contributed by atoms with Crippen LogP contribution in [0.1, 0.15) is 56.7 Å². The number of aromatic amines is 1. The molecule has 1 heterocycles. The Hall–Kier alpha value is -2.05. The number of ether oxygens (including phenoxy) is 1. The molecule has 0 aliphatic rings. The van der Waals surface area contributed by atoms with Gasteiger partial charge in [0.05, 0.1) is 5.69 Å². The molecule has 1 amide bonds. The SMILES string of the molecule is CC(C)c1[nH]nc(C(=O)O)c1NC(=O)OC(C)(C)C. The normalized spacial score (nSPS) is 11.5. The van der Waals surface area contributed by atoms with Gasteiger partial charge in [-0.2, -0.15) is 5.10 Å². The summed E-state index contributed by atoms with van der Waals surface area (Å²) >= 11 is 0. The molecule has 1 aromatic heterocycles. The van der Waals surface area contributed by atoms with Crippen molar-refractivity contribution in [3.05, 3.63) is 11.4 Å². The summed E-state index contributed by atoms with van der Waals surface area (Å²) < 4.78 is 5.10. The van der Waals surface area contributed by atoms with Crippen molar-refractivity contribution in [2.45, 2.75) is 46.1 Å². The molecule has 7 heteroatoms. The number of carboxylic acid groups (broad SMARTS) is 1. The first kappa shape index (κ1) is 15.0. The number of hydrogen-bond acceptors (Lipinski definition) is 4. The number of aromatic nitrogens is 2. The zero-order chi connectivity index (χ0) is 14.8. The van der Waals surface area contributed by atoms with E-state index in [0.717, 1.165) is 0 Å². The van der Waals surface area contributed by atoms with Crippen LogP contribution < -0.4 is 5.32 Å². The number of amides is 1. The number of carbonyl (C=O) groups is 2. The number of nitrogens with one attached hydrogen (secondary N) is 2. The Morgan fingerprint density at radius 3 is 2.37 bits per heavy atom. The topological polar surface area (TPSA) is 104 Å². The number of hydrogen-bond donors (Lipinski definition) is 3. The second-order valence-electron chi connectivity index (χ2n) is 5.45. The van der Waals surface area contributed by atoms with Crippen molar-refractivity contribution in [1.82, 2.24) is 10.2 Å². The van der Waals surface area contributed by atoms with Crippen molar-refractivity contribution in [3.63, 3.8) is 0 Å². The molecule has 0 radical (unpaired) electrons. The molecule has 0 bridgehead atoms. The molecule has 19 heavy (non-hydrogen) atoms. The molecular weight excluding hydrogens is 250 g/mol. The minimum absolute atomic E-state index is 0.00876. The van der Waals surface area contributed by atoms with Gasteiger partial charge in [0.1, 0.15) is 11.3 Å². The third kappa shape index (κ3) is 3.97. The highest BCUT2D eigenvalue weighted by molar-refractivity contribution is 5.98. The molecule has 1 rings (SSSR count). The predicted octanol–water partition coefficient (Wildman–Crippen LogP) is 2.58. The summed E-state index contributed by atoms with van der Waals surface area (Å²) in [5.41, 5.74) is -0.190. The van der Waals surface area contributed by atoms with Crippen molar-refractivity contribution in [2.75, 3.05) is 5.32 Å². The average Bonchev–Trinajstić information content (AvgIpc) is 2.57. The van der Waals surface area contributed by atoms with E-state index in [9.17, 15) is 9.59 Å². The second-order valence-corrected chi connectivity index (χ2v) is 5.45. The van der Waals surface area contributed by atoms with Crippen molar-refractivity contribution >= 4 is 17.7 Å². The van der Waals surface area contributed by atoms with E-state index in [4.69, 9.17) is 9.84 Å². The van der Waals surface area contributed by atoms with Crippen LogP contribution >= 0.6 is 0 Å². The maximum atomic E-state index is 11.7. The Balaban J connectivity index is 3.01. The van der Waals surface area contributed by atoms with Gasteiger partial charge in [-0.1, -0.05) is 13.8 Å². The number of rotatable bonds is 3. The zero-order valence-corrected chi connectivity index (χ0v) is 11.7. The highest BCUT2D eigenvalue weighted by Crippen LogP contribution is 2.26. The minimum Gasteiger partial charge on any atom is -0.476 e. The summed E-state index contributed by atoms with van der Waals surface area (Å²) in [6.07, 6.45) is -0.710. The van der Waals surface area contributed by atoms with Crippen LogP contribution in [-0.2, 0) is 4.74 Å². The molecule has 0 spiro atoms. The molecule has 1 aromatic rings. The summed E-state index contributed by atoms with van der Waals surface area (Å²) in [7, 11) is 0. The lowest BCUT2D eigenvalue weighted by Gasteiger charge is -2.20. The quantitative estimate of drug-likeness (QED) is 0.782. The van der Waals surface area contributed by atoms with E-state index in [1.807, 2.05) is 13.8 Å². The van der Waals surface area contributed by atoms with Crippen LogP contribution in [0.15, 0.2) is 0 Å². The number of aromatic carboxylic acids is 1. The maximum absolute atomic E-state index is 11.7. The van der Waals surface area contributed by atoms with E-state index < -0.39 is 17.7 Å². The number of carbonyl (C=O) groups excluding carboxylic acids is 1. The van der Waals surface area contributed by atoms with Gasteiger partial charge in [-0.25, -0.2) is 9.59 Å². The van der Waals surface area contributed by atoms with Gasteiger partial charge < -0.3 is 9.84 Å². The predicted molar refractivity (Wildman–Crippen MR) is 69.5 cm³/mol. The summed E-state index contributed by atoms with van der Waals surface area (Å²) in [6, 6.07) is 0. The van der Waals surface area contributed by atoms with E-state index in [0.29, 0.717) is 5.69 Å². The lowest BCUT2D eigenvalue weighted by molar-refractivity contribution is 0.0635. The van der Waals surface area contributed by atoms with Crippen molar-refractivity contribution in [2.24, 2.45) is 0 Å². The van der Waals surface area contributed by atoms with E-state index in [1.54, 1.807) is 20.8 Å². The van der Waals surface area contributed by atoms with E-state index in [1.165, 1.54) is 0 Å². The Bertz CT molecular complexity index is 486. The molecule has 106 valence electrons. The van der Waals surface area contributed by atoms with Gasteiger partial charge in [0, 0.05) is 0 Å². The summed E-state index contributed by atoms with van der Waals surface area (Å²) in [6.45, 7) is 8.90. The first-order valence-corrected chi connectivity index (χ1v) is 5.93. The highest BCUT2D eigenvalue weighted by Gasteiger charge is 2.24. The Labute approximate surface area is 111 Å². The third-order valence-corrected chi connectivity index (χ3v) is 2.20. The lowest BCUT2D eigenvalue weighted by atomic mass is 10.1. The maximum Gasteiger partial charge on any atom is 0.412 e. The molecule has 0 atom stereocenters. The fraction of sp³-hybridized carbons (Fsp3) is 0.583. The number of H-pyrrole nitrogens is 1. The fourth-order valence-electron chi connectivity index (χ4n) is 1.46. The minimum atomic E-state index is -1.21. The Morgan fingerprint density at radius 2 is 1.95 bits per heavy atom. The van der Waals surface area contributed by atoms with Crippen LogP contribution in [0.2, 0.25) is 0 Å². The van der Waals surface area contributed by atoms with Crippen LogP contribution in [-0.4, -0.2) is 33.0 Å². The summed E-state index contributed by atoms with van der Waals surface area (Å²) in [5, 5.41) is 17.8. The fourth-order valence-corrected chi connectivity index (χ4v) is 1.46. The van der Waals surface area contributed by atoms with Crippen LogP contribution in [0.5, 0.6) is 0 Å². The smallest absolute Gasteiger partial charge is 0.412 e. The van der Waals surface area contributed by atoms with Crippen LogP contribution in [0, 0.1) is 0 Å². The molecule has 0 aromatic carbocycles. The number of carboxylic acids is 1. The van der Waals surface area contributed by atoms with Crippen molar-refractivity contribution < 1.29 is 19.4 Å². The number of nitrogens with zero attached hydrogens (tertiary/aromatic N) is 1. The largest absolute Gasteiger partial charge is 0.476 e. The second kappa shape index (κ2) is 5.29. The first-order valence-electron chi connectivity index (χ1n) is 5.93. The Morgan fingerprint density at radius 1 is 1.37 bits per heavy atom. The molecular formula is C12H19N3O4. The van der Waals surface area contributed by atoms with Gasteiger partial charge in [-0.15, -0.1) is 0 Å². The first-order chi connectivity index (χ1) is 8.61. The van der Waals surface area contributed by atoms with Gasteiger partial charge >= 0.3 is 12.1 Å². The van der Waals surface area contributed by atoms with E-state index in [-0.39, 0.29) is 17.3 Å². The van der Waals surface area contributed by atoms with E-state index in [2.05, 4.69) is 15.5 Å². The molecule has 0 aliphatic carbocycles. The average molecular weight is 269 g/mol. The summed E-state index contributed by atoms with van der Waals surface area (Å²) in [4.78, 5) is 22.8. The van der Waals surface area contributed by atoms with Crippen LogP contribution in [0.4, 0.5) is 10.5 Å². The van der Waals surface area contributed by atoms with Crippen molar-refractivity contribution in [3.8, 4) is 0 Å². The third-order valence-electron chi connectivity index (χ3n) is 2.20. The van der Waals surface area contributed by atoms with Gasteiger partial charge in [0.15, 0.2) is 5.69 Å². The number of anilines is 1. The van der Waals surface area contributed by atoms with Gasteiger partial charge in [0.25, 0.3) is 0 Å². The molecule has 0 saturated carbocycles. The Kier molecular flexibility index (Phi) is 4.18. The molecule has 0 aliphatic heterocycles. The molecule has 0 fully saturated rings. The molecule has 0 saturated heterocycles. The van der Waals surface area contributed by atoms with E-state index >= 15 is 0 Å². The zero-order valence-electron chi connectivity index (χ0n) is 11.7. The molecule has 7 nitrogen and oxygen atoms in total. The van der Waals surface area contributed by atoms with Gasteiger partial charge in [-0.3, -0.25) is 10.4 Å². The van der Waals surface area contributed by atoms with Gasteiger partial charge in [-0.05, 0) is 26.7 Å². The molecule has 3 N–H and O–H groups in total.